The van der Waals surface area contributed by atoms with Gasteiger partial charge in [-0.3, -0.25) is 4.99 Å². The third kappa shape index (κ3) is 6.01. The highest BCUT2D eigenvalue weighted by Crippen LogP contribution is 2.31. The molecule has 2 rings (SSSR count). The second-order valence-corrected chi connectivity index (χ2v) is 7.87. The molecule has 0 radical (unpaired) electrons. The van der Waals surface area contributed by atoms with Crippen LogP contribution >= 0.6 is 0 Å². The second-order valence-electron chi connectivity index (χ2n) is 5.61. The van der Waals surface area contributed by atoms with Crippen LogP contribution in [0, 0.1) is 0 Å². The lowest BCUT2D eigenvalue weighted by molar-refractivity contribution is 0.154. The molecule has 7 nitrogen and oxygen atoms in total. The van der Waals surface area contributed by atoms with E-state index in [2.05, 4.69) is 15.6 Å². The van der Waals surface area contributed by atoms with E-state index in [-0.39, 0.29) is 18.4 Å². The summed E-state index contributed by atoms with van der Waals surface area (Å²) in [5.74, 6) is 1.63. The molecular formula is C16H25N3O4S. The lowest BCUT2D eigenvalue weighted by atomic mass is 10.0. The van der Waals surface area contributed by atoms with Crippen LogP contribution < -0.4 is 15.4 Å². The maximum Gasteiger partial charge on any atom is 0.191 e. The third-order valence-corrected chi connectivity index (χ3v) is 4.54. The largest absolute Gasteiger partial charge is 0.493 e. The molecule has 1 aliphatic rings. The molecule has 1 unspecified atom stereocenters. The molecule has 1 aliphatic heterocycles. The van der Waals surface area contributed by atoms with Gasteiger partial charge in [-0.1, -0.05) is 18.2 Å². The van der Waals surface area contributed by atoms with Gasteiger partial charge in [0, 0.05) is 31.8 Å². The number of ether oxygens (including phenoxy) is 2. The summed E-state index contributed by atoms with van der Waals surface area (Å²) in [4.78, 5) is 4.21. The Hall–Kier alpha value is -1.80. The number of guanidine groups is 1. The first-order valence-electron chi connectivity index (χ1n) is 7.94. The standard InChI is InChI=1S/C16H25N3O4S/c1-17-16(18-8-10-22-11-12-24(2,20)21)19-14-7-9-23-15-6-4-3-5-13(14)15/h3-6,14H,7-12H2,1-2H3,(H2,17,18,19). The van der Waals surface area contributed by atoms with E-state index in [0.717, 1.165) is 17.7 Å². The van der Waals surface area contributed by atoms with Gasteiger partial charge >= 0.3 is 0 Å². The molecule has 24 heavy (non-hydrogen) atoms. The molecule has 1 aromatic carbocycles. The van der Waals surface area contributed by atoms with Crippen molar-refractivity contribution in [2.45, 2.75) is 12.5 Å². The van der Waals surface area contributed by atoms with Crippen LogP contribution in [0.5, 0.6) is 5.75 Å². The van der Waals surface area contributed by atoms with E-state index in [0.29, 0.717) is 25.7 Å². The minimum absolute atomic E-state index is 0.0405. The number of aliphatic imine (C=N–C) groups is 1. The van der Waals surface area contributed by atoms with E-state index in [1.807, 2.05) is 24.3 Å². The molecule has 1 aromatic rings. The number of rotatable bonds is 7. The van der Waals surface area contributed by atoms with Crippen LogP contribution in [0.4, 0.5) is 0 Å². The number of para-hydroxylation sites is 1. The Bertz CT molecular complexity index is 661. The molecule has 0 fully saturated rings. The minimum Gasteiger partial charge on any atom is -0.493 e. The highest BCUT2D eigenvalue weighted by atomic mass is 32.2. The average molecular weight is 355 g/mol. The quantitative estimate of drug-likeness (QED) is 0.426. The van der Waals surface area contributed by atoms with Crippen molar-refractivity contribution in [1.29, 1.82) is 0 Å². The molecule has 0 aromatic heterocycles. The van der Waals surface area contributed by atoms with Gasteiger partial charge in [0.15, 0.2) is 5.96 Å². The lowest BCUT2D eigenvalue weighted by Crippen LogP contribution is -2.42. The predicted molar refractivity (Wildman–Crippen MR) is 94.3 cm³/mol. The van der Waals surface area contributed by atoms with Crippen LogP contribution in [0.2, 0.25) is 0 Å². The molecule has 0 bridgehead atoms. The fourth-order valence-electron chi connectivity index (χ4n) is 2.41. The van der Waals surface area contributed by atoms with Gasteiger partial charge in [0.1, 0.15) is 15.6 Å². The summed E-state index contributed by atoms with van der Waals surface area (Å²) in [7, 11) is -1.26. The van der Waals surface area contributed by atoms with E-state index in [1.54, 1.807) is 7.05 Å². The molecule has 0 saturated heterocycles. The van der Waals surface area contributed by atoms with Gasteiger partial charge in [-0.25, -0.2) is 8.42 Å². The van der Waals surface area contributed by atoms with E-state index >= 15 is 0 Å². The number of hydrogen-bond acceptors (Lipinski definition) is 5. The van der Waals surface area contributed by atoms with Crippen molar-refractivity contribution in [2.75, 3.05) is 45.4 Å². The highest BCUT2D eigenvalue weighted by Gasteiger charge is 2.21. The van der Waals surface area contributed by atoms with Crippen molar-refractivity contribution >= 4 is 15.8 Å². The van der Waals surface area contributed by atoms with Crippen LogP contribution in [-0.4, -0.2) is 59.8 Å². The van der Waals surface area contributed by atoms with Crippen molar-refractivity contribution in [3.05, 3.63) is 29.8 Å². The van der Waals surface area contributed by atoms with Crippen LogP contribution in [0.25, 0.3) is 0 Å². The van der Waals surface area contributed by atoms with Crippen LogP contribution in [0.1, 0.15) is 18.0 Å². The zero-order valence-electron chi connectivity index (χ0n) is 14.1. The van der Waals surface area contributed by atoms with Crippen molar-refractivity contribution < 1.29 is 17.9 Å². The fourth-order valence-corrected chi connectivity index (χ4v) is 2.83. The monoisotopic (exact) mass is 355 g/mol. The van der Waals surface area contributed by atoms with Crippen molar-refractivity contribution in [2.24, 2.45) is 4.99 Å². The molecule has 8 heteroatoms. The summed E-state index contributed by atoms with van der Waals surface area (Å²) in [6, 6.07) is 8.12. The van der Waals surface area contributed by atoms with E-state index in [9.17, 15) is 8.42 Å². The summed E-state index contributed by atoms with van der Waals surface area (Å²) in [6.45, 7) is 1.84. The Morgan fingerprint density at radius 2 is 2.17 bits per heavy atom. The SMILES string of the molecule is CN=C(NCCOCCS(C)(=O)=O)NC1CCOc2ccccc21. The first kappa shape index (κ1) is 18.5. The minimum atomic E-state index is -2.97. The summed E-state index contributed by atoms with van der Waals surface area (Å²) in [5.41, 5.74) is 1.12. The molecule has 0 amide bonds. The number of benzene rings is 1. The lowest BCUT2D eigenvalue weighted by Gasteiger charge is -2.28. The van der Waals surface area contributed by atoms with E-state index < -0.39 is 9.84 Å². The average Bonchev–Trinajstić information content (AvgIpc) is 2.56. The Kier molecular flexibility index (Phi) is 6.86. The summed E-state index contributed by atoms with van der Waals surface area (Å²) >= 11 is 0. The van der Waals surface area contributed by atoms with Gasteiger partial charge in [-0.15, -0.1) is 0 Å². The Morgan fingerprint density at radius 3 is 2.92 bits per heavy atom. The topological polar surface area (TPSA) is 89.0 Å². The van der Waals surface area contributed by atoms with E-state index in [4.69, 9.17) is 9.47 Å². The van der Waals surface area contributed by atoms with Crippen molar-refractivity contribution in [1.82, 2.24) is 10.6 Å². The Labute approximate surface area is 143 Å². The smallest absolute Gasteiger partial charge is 0.191 e. The van der Waals surface area contributed by atoms with Gasteiger partial charge in [0.05, 0.1) is 31.6 Å². The van der Waals surface area contributed by atoms with Gasteiger partial charge in [0.25, 0.3) is 0 Å². The van der Waals surface area contributed by atoms with Crippen molar-refractivity contribution in [3.8, 4) is 5.75 Å². The molecule has 0 aliphatic carbocycles. The number of sulfone groups is 1. The van der Waals surface area contributed by atoms with Crippen LogP contribution in [0.3, 0.4) is 0 Å². The number of fused-ring (bicyclic) bond motifs is 1. The van der Waals surface area contributed by atoms with Gasteiger partial charge in [-0.05, 0) is 6.07 Å². The Balaban J connectivity index is 1.75. The van der Waals surface area contributed by atoms with Gasteiger partial charge < -0.3 is 20.1 Å². The van der Waals surface area contributed by atoms with Gasteiger partial charge in [0.2, 0.25) is 0 Å². The molecular weight excluding hydrogens is 330 g/mol. The second kappa shape index (κ2) is 8.89. The molecule has 1 heterocycles. The van der Waals surface area contributed by atoms with Gasteiger partial charge in [-0.2, -0.15) is 0 Å². The zero-order valence-corrected chi connectivity index (χ0v) is 14.9. The molecule has 1 atom stereocenters. The number of nitrogens with zero attached hydrogens (tertiary/aromatic N) is 1. The van der Waals surface area contributed by atoms with E-state index in [1.165, 1.54) is 6.26 Å². The first-order valence-corrected chi connectivity index (χ1v) is 10.00. The zero-order chi connectivity index (χ0) is 17.4. The molecule has 2 N–H and O–H groups in total. The predicted octanol–water partition coefficient (Wildman–Crippen LogP) is 0.736. The molecule has 134 valence electrons. The summed E-state index contributed by atoms with van der Waals surface area (Å²) < 4.78 is 33.0. The maximum absolute atomic E-state index is 11.0. The molecule has 0 spiro atoms. The Morgan fingerprint density at radius 1 is 1.38 bits per heavy atom. The van der Waals surface area contributed by atoms with Crippen LogP contribution in [-0.2, 0) is 14.6 Å². The molecule has 0 saturated carbocycles. The van der Waals surface area contributed by atoms with Crippen LogP contribution in [0.15, 0.2) is 29.3 Å². The fraction of sp³-hybridized carbons (Fsp3) is 0.562. The number of hydrogen-bond donors (Lipinski definition) is 2. The van der Waals surface area contributed by atoms with Crippen molar-refractivity contribution in [3.63, 3.8) is 0 Å². The third-order valence-electron chi connectivity index (χ3n) is 3.63. The summed E-state index contributed by atoms with van der Waals surface area (Å²) in [6.07, 6.45) is 2.06. The normalized spacial score (nSPS) is 17.8. The first-order chi connectivity index (χ1) is 11.5. The highest BCUT2D eigenvalue weighted by molar-refractivity contribution is 7.90. The number of nitrogens with one attached hydrogen (secondary N) is 2. The summed E-state index contributed by atoms with van der Waals surface area (Å²) in [5, 5.41) is 6.55. The maximum atomic E-state index is 11.0.